The van der Waals surface area contributed by atoms with Gasteiger partial charge in [-0.05, 0) is 15.9 Å². The predicted molar refractivity (Wildman–Crippen MR) is 23.0 cm³/mol. The van der Waals surface area contributed by atoms with Crippen LogP contribution in [-0.4, -0.2) is 5.16 Å². The zero-order valence-corrected chi connectivity index (χ0v) is 4.40. The molecule has 3 heteroatoms. The lowest BCUT2D eigenvalue weighted by molar-refractivity contribution is 0.409. The van der Waals surface area contributed by atoms with Crippen molar-refractivity contribution in [2.75, 3.05) is 0 Å². The van der Waals surface area contributed by atoms with Crippen LogP contribution >= 0.6 is 15.9 Å². The average molecular weight is 147 g/mol. The van der Waals surface area contributed by atoms with Crippen LogP contribution in [0.2, 0.25) is 0 Å². The molecule has 1 aromatic heterocycles. The van der Waals surface area contributed by atoms with Gasteiger partial charge in [-0.3, -0.25) is 0 Å². The maximum absolute atomic E-state index is 4.29. The zero-order chi connectivity index (χ0) is 4.41. The molecule has 6 heavy (non-hydrogen) atoms. The van der Waals surface area contributed by atoms with E-state index in [1.807, 2.05) is 0 Å². The molecule has 0 N–H and O–H groups in total. The summed E-state index contributed by atoms with van der Waals surface area (Å²) in [6.45, 7) is 0. The Balaban J connectivity index is 3.05. The highest BCUT2D eigenvalue weighted by Crippen LogP contribution is 2.00. The van der Waals surface area contributed by atoms with E-state index in [-0.39, 0.29) is 0 Å². The highest BCUT2D eigenvalue weighted by molar-refractivity contribution is 9.10. The van der Waals surface area contributed by atoms with E-state index in [0.717, 1.165) is 0 Å². The van der Waals surface area contributed by atoms with Gasteiger partial charge in [0, 0.05) is 6.07 Å². The van der Waals surface area contributed by atoms with Gasteiger partial charge in [0.2, 0.25) is 6.26 Å². The summed E-state index contributed by atoms with van der Waals surface area (Å²) in [5.41, 5.74) is 0. The SMILES string of the molecule is Brc1c[c]on1. The molecule has 0 aromatic carbocycles. The first-order valence-corrected chi connectivity index (χ1v) is 2.17. The molecule has 1 heterocycles. The molecule has 0 aliphatic carbocycles. The molecule has 0 unspecified atom stereocenters. The van der Waals surface area contributed by atoms with E-state index in [9.17, 15) is 0 Å². The molecule has 0 bridgehead atoms. The van der Waals surface area contributed by atoms with Crippen molar-refractivity contribution >= 4 is 15.9 Å². The molecule has 31 valence electrons. The molecule has 0 spiro atoms. The van der Waals surface area contributed by atoms with Crippen LogP contribution in [0.25, 0.3) is 0 Å². The zero-order valence-electron chi connectivity index (χ0n) is 2.81. The minimum Gasteiger partial charge on any atom is -0.352 e. The van der Waals surface area contributed by atoms with Crippen LogP contribution in [-0.2, 0) is 0 Å². The van der Waals surface area contributed by atoms with Crippen LogP contribution in [0.3, 0.4) is 0 Å². The molecule has 1 radical (unpaired) electrons. The summed E-state index contributed by atoms with van der Waals surface area (Å²) < 4.78 is 4.98. The summed E-state index contributed by atoms with van der Waals surface area (Å²) >= 11 is 3.05. The molecule has 1 aromatic rings. The maximum atomic E-state index is 4.29. The Morgan fingerprint density at radius 3 is 3.00 bits per heavy atom. The Kier molecular flexibility index (Phi) is 0.919. The van der Waals surface area contributed by atoms with Gasteiger partial charge in [-0.25, -0.2) is 0 Å². The number of rotatable bonds is 0. The first kappa shape index (κ1) is 3.87. The molecular formula is C3HBrNO. The van der Waals surface area contributed by atoms with Crippen molar-refractivity contribution in [1.29, 1.82) is 0 Å². The fourth-order valence-corrected chi connectivity index (χ4v) is 0.337. The summed E-state index contributed by atoms with van der Waals surface area (Å²) in [5.74, 6) is 0. The van der Waals surface area contributed by atoms with E-state index in [0.29, 0.717) is 4.60 Å². The molecule has 0 aliphatic rings. The normalized spacial score (nSPS) is 8.83. The van der Waals surface area contributed by atoms with Crippen molar-refractivity contribution in [3.8, 4) is 0 Å². The molecule has 0 atom stereocenters. The highest BCUT2D eigenvalue weighted by Gasteiger charge is 1.82. The Labute approximate surface area is 43.3 Å². The van der Waals surface area contributed by atoms with Crippen LogP contribution in [0.1, 0.15) is 0 Å². The molecule has 0 saturated heterocycles. The number of hydrogen-bond donors (Lipinski definition) is 0. The van der Waals surface area contributed by atoms with Gasteiger partial charge in [-0.2, -0.15) is 0 Å². The minimum absolute atomic E-state index is 0.683. The standard InChI is InChI=1S/C3HBrNO/c4-3-1-2-6-5-3/h1H. The monoisotopic (exact) mass is 146 g/mol. The minimum atomic E-state index is 0.683. The van der Waals surface area contributed by atoms with Gasteiger partial charge < -0.3 is 4.52 Å². The lowest BCUT2D eigenvalue weighted by Crippen LogP contribution is -1.50. The lowest BCUT2D eigenvalue weighted by atomic mass is 10.8. The van der Waals surface area contributed by atoms with Gasteiger partial charge in [0.15, 0.2) is 0 Å². The molecule has 0 amide bonds. The second kappa shape index (κ2) is 1.43. The van der Waals surface area contributed by atoms with Gasteiger partial charge in [0.25, 0.3) is 0 Å². The number of aromatic nitrogens is 1. The van der Waals surface area contributed by atoms with E-state index in [1.165, 1.54) is 0 Å². The van der Waals surface area contributed by atoms with Crippen molar-refractivity contribution in [1.82, 2.24) is 5.16 Å². The summed E-state index contributed by atoms with van der Waals surface area (Å²) in [4.78, 5) is 0. The highest BCUT2D eigenvalue weighted by atomic mass is 79.9. The second-order valence-electron chi connectivity index (χ2n) is 0.767. The quantitative estimate of drug-likeness (QED) is 0.551. The van der Waals surface area contributed by atoms with E-state index in [2.05, 4.69) is 31.9 Å². The molecule has 0 aliphatic heterocycles. The van der Waals surface area contributed by atoms with Crippen LogP contribution in [0, 0.1) is 6.26 Å². The van der Waals surface area contributed by atoms with Crippen LogP contribution in [0.15, 0.2) is 15.2 Å². The molecule has 2 nitrogen and oxygen atoms in total. The first-order valence-electron chi connectivity index (χ1n) is 1.38. The lowest BCUT2D eigenvalue weighted by Gasteiger charge is -1.59. The van der Waals surface area contributed by atoms with Crippen molar-refractivity contribution < 1.29 is 4.52 Å². The number of halogens is 1. The molecule has 0 fully saturated rings. The van der Waals surface area contributed by atoms with Crippen LogP contribution in [0.5, 0.6) is 0 Å². The van der Waals surface area contributed by atoms with Gasteiger partial charge in [-0.1, -0.05) is 5.16 Å². The van der Waals surface area contributed by atoms with E-state index >= 15 is 0 Å². The van der Waals surface area contributed by atoms with E-state index in [4.69, 9.17) is 0 Å². The topological polar surface area (TPSA) is 26.0 Å². The van der Waals surface area contributed by atoms with Crippen molar-refractivity contribution in [2.45, 2.75) is 0 Å². The first-order chi connectivity index (χ1) is 2.89. The Morgan fingerprint density at radius 2 is 2.83 bits per heavy atom. The third-order valence-electron chi connectivity index (χ3n) is 0.364. The fourth-order valence-electron chi connectivity index (χ4n) is 0.171. The van der Waals surface area contributed by atoms with Crippen molar-refractivity contribution in [3.05, 3.63) is 16.9 Å². The summed E-state index contributed by atoms with van der Waals surface area (Å²) in [6, 6.07) is 1.60. The second-order valence-corrected chi connectivity index (χ2v) is 1.58. The summed E-state index contributed by atoms with van der Waals surface area (Å²) in [6.07, 6.45) is 2.40. The van der Waals surface area contributed by atoms with E-state index in [1.54, 1.807) is 6.07 Å². The third-order valence-corrected chi connectivity index (χ3v) is 0.737. The van der Waals surface area contributed by atoms with Crippen LogP contribution in [0.4, 0.5) is 0 Å². The largest absolute Gasteiger partial charge is 0.352 e. The van der Waals surface area contributed by atoms with Gasteiger partial charge in [-0.15, -0.1) is 0 Å². The molecule has 0 saturated carbocycles. The predicted octanol–water partition coefficient (Wildman–Crippen LogP) is 1.24. The van der Waals surface area contributed by atoms with Gasteiger partial charge in [0.05, 0.1) is 0 Å². The number of nitrogens with zero attached hydrogens (tertiary/aromatic N) is 1. The number of hydrogen-bond acceptors (Lipinski definition) is 2. The Hall–Kier alpha value is -0.310. The van der Waals surface area contributed by atoms with Crippen molar-refractivity contribution in [2.24, 2.45) is 0 Å². The summed E-state index contributed by atoms with van der Waals surface area (Å²) in [5, 5.41) is 3.40. The fraction of sp³-hybridized carbons (Fsp3) is 0. The van der Waals surface area contributed by atoms with Crippen LogP contribution < -0.4 is 0 Å². The third kappa shape index (κ3) is 0.597. The van der Waals surface area contributed by atoms with Gasteiger partial charge >= 0.3 is 0 Å². The van der Waals surface area contributed by atoms with Gasteiger partial charge in [0.1, 0.15) is 4.60 Å². The molecule has 1 rings (SSSR count). The molecular weight excluding hydrogens is 146 g/mol. The summed E-state index contributed by atoms with van der Waals surface area (Å²) in [7, 11) is 0. The Bertz CT molecular complexity index is 114. The van der Waals surface area contributed by atoms with E-state index < -0.39 is 0 Å². The average Bonchev–Trinajstić information content (AvgIpc) is 1.86. The maximum Gasteiger partial charge on any atom is 0.206 e. The Morgan fingerprint density at radius 1 is 2.00 bits per heavy atom. The van der Waals surface area contributed by atoms with Crippen molar-refractivity contribution in [3.63, 3.8) is 0 Å². The smallest absolute Gasteiger partial charge is 0.206 e.